The molecule has 3 atom stereocenters. The minimum Gasteiger partial charge on any atom is -0.468 e. The molecule has 9 heteroatoms. The van der Waals surface area contributed by atoms with Gasteiger partial charge in [-0.2, -0.15) is 0 Å². The van der Waals surface area contributed by atoms with Crippen LogP contribution in [-0.4, -0.2) is 84.3 Å². The van der Waals surface area contributed by atoms with Crippen LogP contribution in [0, 0.1) is 0 Å². The van der Waals surface area contributed by atoms with Crippen LogP contribution >= 0.6 is 11.9 Å². The number of rotatable bonds is 10. The lowest BCUT2D eigenvalue weighted by Crippen LogP contribution is -2.46. The van der Waals surface area contributed by atoms with E-state index >= 15 is 0 Å². The van der Waals surface area contributed by atoms with E-state index in [1.807, 2.05) is 14.0 Å². The van der Waals surface area contributed by atoms with Crippen molar-refractivity contribution in [3.05, 3.63) is 0 Å². The van der Waals surface area contributed by atoms with Crippen molar-refractivity contribution < 1.29 is 23.9 Å². The highest BCUT2D eigenvalue weighted by Gasteiger charge is 2.35. The molecule has 1 fully saturated rings. The number of hydrogen-bond acceptors (Lipinski definition) is 8. The topological polar surface area (TPSA) is 88.2 Å². The summed E-state index contributed by atoms with van der Waals surface area (Å²) < 4.78 is 12.2. The molecule has 28 heavy (non-hydrogen) atoms. The van der Waals surface area contributed by atoms with Crippen LogP contribution in [-0.2, 0) is 19.1 Å². The molecule has 1 aliphatic rings. The molecule has 162 valence electrons. The molecule has 1 amide bonds. The van der Waals surface area contributed by atoms with E-state index in [4.69, 9.17) is 9.47 Å². The molecule has 0 saturated carbocycles. The van der Waals surface area contributed by atoms with Gasteiger partial charge < -0.3 is 19.6 Å². The molecule has 1 saturated heterocycles. The van der Waals surface area contributed by atoms with E-state index in [-0.39, 0.29) is 18.1 Å². The van der Waals surface area contributed by atoms with Crippen molar-refractivity contribution >= 4 is 30.3 Å². The Balaban J connectivity index is 2.56. The van der Waals surface area contributed by atoms with Gasteiger partial charge >= 0.3 is 12.1 Å². The molecule has 1 N–H and O–H groups in total. The predicted octanol–water partition coefficient (Wildman–Crippen LogP) is 2.07. The number of likely N-dealkylation sites (tertiary alicyclic amines) is 1. The Morgan fingerprint density at radius 2 is 2.04 bits per heavy atom. The van der Waals surface area contributed by atoms with Crippen LogP contribution in [0.1, 0.15) is 47.0 Å². The summed E-state index contributed by atoms with van der Waals surface area (Å²) in [7, 11) is 3.37. The van der Waals surface area contributed by atoms with Crippen molar-refractivity contribution in [3.8, 4) is 0 Å². The Bertz CT molecular complexity index is 526. The molecular formula is C19H35N3O5S. The van der Waals surface area contributed by atoms with Gasteiger partial charge in [0, 0.05) is 24.9 Å². The number of esters is 1. The van der Waals surface area contributed by atoms with Crippen molar-refractivity contribution in [2.45, 2.75) is 70.7 Å². The molecule has 1 aliphatic heterocycles. The molecule has 0 radical (unpaired) electrons. The third-order valence-corrected chi connectivity index (χ3v) is 5.56. The van der Waals surface area contributed by atoms with Gasteiger partial charge in [0.25, 0.3) is 0 Å². The normalized spacial score (nSPS) is 21.4. The van der Waals surface area contributed by atoms with Gasteiger partial charge in [-0.05, 0) is 47.1 Å². The fourth-order valence-corrected chi connectivity index (χ4v) is 4.13. The van der Waals surface area contributed by atoms with Crippen LogP contribution in [0.25, 0.3) is 0 Å². The van der Waals surface area contributed by atoms with Gasteiger partial charge in [0.2, 0.25) is 0 Å². The molecule has 0 aromatic heterocycles. The quantitative estimate of drug-likeness (QED) is 0.328. The van der Waals surface area contributed by atoms with Gasteiger partial charge in [0.15, 0.2) is 0 Å². The number of alkyl carbamates (subject to hydrolysis) is 1. The number of carbonyl (C=O) groups is 3. The second-order valence-electron chi connectivity index (χ2n) is 7.92. The number of likely N-dealkylation sites (N-methyl/N-ethyl adjacent to an activating group) is 1. The fraction of sp³-hybridized carbons (Fsp3) is 0.842. The second-order valence-corrected chi connectivity index (χ2v) is 9.27. The standard InChI is InChI=1S/C19H35N3O5S/c1-7-28-22(12-14(13-23)20-18(25)27-19(2,3)4)11-10-15-8-9-16(21(15)5)17(24)26-6/h13-16H,7-12H2,1-6H3,(H,20,25). The van der Waals surface area contributed by atoms with Crippen LogP contribution < -0.4 is 5.32 Å². The predicted molar refractivity (Wildman–Crippen MR) is 110 cm³/mol. The zero-order valence-electron chi connectivity index (χ0n) is 17.9. The van der Waals surface area contributed by atoms with Crippen molar-refractivity contribution in [3.63, 3.8) is 0 Å². The molecule has 0 aromatic rings. The highest BCUT2D eigenvalue weighted by molar-refractivity contribution is 7.96. The van der Waals surface area contributed by atoms with E-state index in [1.54, 1.807) is 32.7 Å². The molecular weight excluding hydrogens is 382 g/mol. The highest BCUT2D eigenvalue weighted by Crippen LogP contribution is 2.26. The Hall–Kier alpha value is -1.32. The van der Waals surface area contributed by atoms with E-state index in [1.165, 1.54) is 7.11 Å². The monoisotopic (exact) mass is 417 g/mol. The average Bonchev–Trinajstić information content (AvgIpc) is 2.97. The summed E-state index contributed by atoms with van der Waals surface area (Å²) in [6.45, 7) is 8.54. The Labute approximate surface area is 172 Å². The van der Waals surface area contributed by atoms with Crippen molar-refractivity contribution in [1.29, 1.82) is 0 Å². The number of ether oxygens (including phenoxy) is 2. The molecule has 0 aliphatic carbocycles. The molecule has 0 aromatic carbocycles. The first-order valence-corrected chi connectivity index (χ1v) is 10.7. The molecule has 0 bridgehead atoms. The van der Waals surface area contributed by atoms with Gasteiger partial charge in [0.1, 0.15) is 24.0 Å². The summed E-state index contributed by atoms with van der Waals surface area (Å²) in [5, 5.41) is 2.62. The lowest BCUT2D eigenvalue weighted by Gasteiger charge is -2.28. The first-order valence-electron chi connectivity index (χ1n) is 9.73. The van der Waals surface area contributed by atoms with Crippen molar-refractivity contribution in [2.24, 2.45) is 0 Å². The van der Waals surface area contributed by atoms with E-state index in [0.29, 0.717) is 6.54 Å². The summed E-state index contributed by atoms with van der Waals surface area (Å²) >= 11 is 1.63. The summed E-state index contributed by atoms with van der Waals surface area (Å²) in [5.74, 6) is 0.677. The summed E-state index contributed by atoms with van der Waals surface area (Å²) in [6.07, 6.45) is 2.75. The third kappa shape index (κ3) is 8.36. The fourth-order valence-electron chi connectivity index (χ4n) is 3.27. The highest BCUT2D eigenvalue weighted by atomic mass is 32.2. The first-order chi connectivity index (χ1) is 13.1. The number of amides is 1. The van der Waals surface area contributed by atoms with Crippen molar-refractivity contribution in [2.75, 3.05) is 33.0 Å². The van der Waals surface area contributed by atoms with Gasteiger partial charge in [-0.3, -0.25) is 9.69 Å². The number of nitrogens with zero attached hydrogens (tertiary/aromatic N) is 2. The Kier molecular flexibility index (Phi) is 10.3. The smallest absolute Gasteiger partial charge is 0.408 e. The summed E-state index contributed by atoms with van der Waals surface area (Å²) in [4.78, 5) is 37.3. The summed E-state index contributed by atoms with van der Waals surface area (Å²) in [5.41, 5.74) is -0.612. The van der Waals surface area contributed by atoms with Crippen LogP contribution in [0.5, 0.6) is 0 Å². The van der Waals surface area contributed by atoms with Gasteiger partial charge in [-0.1, -0.05) is 18.9 Å². The Morgan fingerprint density at radius 3 is 2.57 bits per heavy atom. The Morgan fingerprint density at radius 1 is 1.36 bits per heavy atom. The van der Waals surface area contributed by atoms with E-state index < -0.39 is 17.7 Å². The maximum atomic E-state index is 11.9. The molecule has 1 heterocycles. The van der Waals surface area contributed by atoms with E-state index in [0.717, 1.165) is 37.8 Å². The number of methoxy groups -OCH3 is 1. The molecule has 8 nitrogen and oxygen atoms in total. The lowest BCUT2D eigenvalue weighted by atomic mass is 10.1. The molecule has 1 rings (SSSR count). The average molecular weight is 418 g/mol. The maximum Gasteiger partial charge on any atom is 0.408 e. The second kappa shape index (κ2) is 11.6. The minimum atomic E-state index is -0.641. The zero-order chi connectivity index (χ0) is 21.3. The maximum absolute atomic E-state index is 11.9. The van der Waals surface area contributed by atoms with E-state index in [9.17, 15) is 14.4 Å². The number of carbonyl (C=O) groups excluding carboxylic acids is 3. The van der Waals surface area contributed by atoms with Crippen LogP contribution in [0.3, 0.4) is 0 Å². The van der Waals surface area contributed by atoms with E-state index in [2.05, 4.69) is 14.5 Å². The molecule has 0 spiro atoms. The van der Waals surface area contributed by atoms with Crippen LogP contribution in [0.2, 0.25) is 0 Å². The van der Waals surface area contributed by atoms with Crippen LogP contribution in [0.4, 0.5) is 4.79 Å². The van der Waals surface area contributed by atoms with Crippen molar-refractivity contribution in [1.82, 2.24) is 14.5 Å². The first kappa shape index (κ1) is 24.7. The molecule has 3 unspecified atom stereocenters. The number of nitrogens with one attached hydrogen (secondary N) is 1. The zero-order valence-corrected chi connectivity index (χ0v) is 18.7. The lowest BCUT2D eigenvalue weighted by molar-refractivity contribution is -0.145. The van der Waals surface area contributed by atoms with Gasteiger partial charge in [-0.15, -0.1) is 0 Å². The van der Waals surface area contributed by atoms with Crippen LogP contribution in [0.15, 0.2) is 0 Å². The SMILES string of the molecule is CCSN(CCC1CCC(C(=O)OC)N1C)CC(C=O)NC(=O)OC(C)(C)C. The minimum absolute atomic E-state index is 0.182. The van der Waals surface area contributed by atoms with Gasteiger partial charge in [-0.25, -0.2) is 9.10 Å². The third-order valence-electron chi connectivity index (χ3n) is 4.60. The number of hydrogen-bond donors (Lipinski definition) is 1. The number of aldehydes is 1. The largest absolute Gasteiger partial charge is 0.468 e. The summed E-state index contributed by atoms with van der Waals surface area (Å²) in [6, 6.07) is -0.533. The van der Waals surface area contributed by atoms with Gasteiger partial charge in [0.05, 0.1) is 7.11 Å².